The Kier molecular flexibility index (Phi) is 3.16. The molecule has 2 heteroatoms. The van der Waals surface area contributed by atoms with Crippen LogP contribution in [0.25, 0.3) is 11.1 Å². The molecule has 2 aromatic carbocycles. The molecule has 0 aliphatic heterocycles. The van der Waals surface area contributed by atoms with E-state index < -0.39 is 5.97 Å². The summed E-state index contributed by atoms with van der Waals surface area (Å²) in [6, 6.07) is 12.9. The van der Waals surface area contributed by atoms with Crippen molar-refractivity contribution in [2.45, 2.75) is 6.92 Å². The van der Waals surface area contributed by atoms with Gasteiger partial charge in [-0.05, 0) is 41.8 Å². The van der Waals surface area contributed by atoms with Crippen molar-refractivity contribution >= 4 is 5.97 Å². The Bertz CT molecular complexity index is 631. The third-order valence-corrected chi connectivity index (χ3v) is 2.84. The van der Waals surface area contributed by atoms with Crippen LogP contribution in [0.4, 0.5) is 0 Å². The number of aryl methyl sites for hydroxylation is 1. The molecule has 0 heterocycles. The standard InChI is InChI=1S/C16H12O2/c1-3-12-4-6-13(7-5-12)14-8-9-15(16(17)18)11(2)10-14/h1,4-10H,2H3,(H,17,18). The molecule has 0 unspecified atom stereocenters. The van der Waals surface area contributed by atoms with Crippen LogP contribution in [-0.4, -0.2) is 11.1 Å². The van der Waals surface area contributed by atoms with Gasteiger partial charge in [0, 0.05) is 5.56 Å². The van der Waals surface area contributed by atoms with E-state index >= 15 is 0 Å². The number of hydrogen-bond acceptors (Lipinski definition) is 1. The van der Waals surface area contributed by atoms with Crippen molar-refractivity contribution < 1.29 is 9.90 Å². The highest BCUT2D eigenvalue weighted by atomic mass is 16.4. The molecule has 18 heavy (non-hydrogen) atoms. The summed E-state index contributed by atoms with van der Waals surface area (Å²) in [6.45, 7) is 1.79. The van der Waals surface area contributed by atoms with Crippen LogP contribution in [0.5, 0.6) is 0 Å². The Morgan fingerprint density at radius 3 is 2.22 bits per heavy atom. The second kappa shape index (κ2) is 4.77. The molecule has 2 aromatic rings. The molecule has 0 aromatic heterocycles. The van der Waals surface area contributed by atoms with Crippen LogP contribution in [0, 0.1) is 19.3 Å². The molecule has 0 aliphatic carbocycles. The van der Waals surface area contributed by atoms with Gasteiger partial charge in [-0.3, -0.25) is 0 Å². The maximum absolute atomic E-state index is 10.9. The second-order valence-electron chi connectivity index (χ2n) is 4.06. The Labute approximate surface area is 106 Å². The molecule has 0 atom stereocenters. The highest BCUT2D eigenvalue weighted by Gasteiger charge is 2.07. The minimum Gasteiger partial charge on any atom is -0.478 e. The number of carboxylic acids is 1. The van der Waals surface area contributed by atoms with Crippen molar-refractivity contribution in [3.05, 3.63) is 59.2 Å². The first-order valence-electron chi connectivity index (χ1n) is 5.53. The number of benzene rings is 2. The third-order valence-electron chi connectivity index (χ3n) is 2.84. The van der Waals surface area contributed by atoms with Gasteiger partial charge in [-0.25, -0.2) is 4.79 Å². The highest BCUT2D eigenvalue weighted by molar-refractivity contribution is 5.90. The minimum atomic E-state index is -0.901. The van der Waals surface area contributed by atoms with Gasteiger partial charge in [0.15, 0.2) is 0 Å². The fourth-order valence-electron chi connectivity index (χ4n) is 1.84. The summed E-state index contributed by atoms with van der Waals surface area (Å²) < 4.78 is 0. The summed E-state index contributed by atoms with van der Waals surface area (Å²) in [5, 5.41) is 8.97. The monoisotopic (exact) mass is 236 g/mol. The predicted molar refractivity (Wildman–Crippen MR) is 71.5 cm³/mol. The second-order valence-corrected chi connectivity index (χ2v) is 4.06. The smallest absolute Gasteiger partial charge is 0.335 e. The van der Waals surface area contributed by atoms with Crippen LogP contribution in [0.3, 0.4) is 0 Å². The first-order chi connectivity index (χ1) is 8.61. The number of rotatable bonds is 2. The Balaban J connectivity index is 2.42. The van der Waals surface area contributed by atoms with Crippen LogP contribution in [0.15, 0.2) is 42.5 Å². The molecule has 0 radical (unpaired) electrons. The summed E-state index contributed by atoms with van der Waals surface area (Å²) >= 11 is 0. The van der Waals surface area contributed by atoms with Crippen LogP contribution in [0.1, 0.15) is 21.5 Å². The largest absolute Gasteiger partial charge is 0.478 e. The summed E-state index contributed by atoms with van der Waals surface area (Å²) in [6.07, 6.45) is 5.30. The zero-order valence-corrected chi connectivity index (χ0v) is 9.97. The normalized spacial score (nSPS) is 9.78. The van der Waals surface area contributed by atoms with Gasteiger partial charge in [-0.2, -0.15) is 0 Å². The molecule has 2 rings (SSSR count). The van der Waals surface area contributed by atoms with E-state index in [0.717, 1.165) is 22.3 Å². The van der Waals surface area contributed by atoms with E-state index in [1.807, 2.05) is 30.3 Å². The van der Waals surface area contributed by atoms with Gasteiger partial charge in [0.05, 0.1) is 5.56 Å². The molecule has 0 amide bonds. The molecule has 88 valence electrons. The van der Waals surface area contributed by atoms with E-state index in [0.29, 0.717) is 5.56 Å². The fourth-order valence-corrected chi connectivity index (χ4v) is 1.84. The number of terminal acetylenes is 1. The van der Waals surface area contributed by atoms with E-state index in [2.05, 4.69) is 5.92 Å². The van der Waals surface area contributed by atoms with Gasteiger partial charge in [0.2, 0.25) is 0 Å². The van der Waals surface area contributed by atoms with E-state index in [-0.39, 0.29) is 0 Å². The van der Waals surface area contributed by atoms with Crippen LogP contribution in [0.2, 0.25) is 0 Å². The lowest BCUT2D eigenvalue weighted by atomic mass is 9.99. The van der Waals surface area contributed by atoms with E-state index in [4.69, 9.17) is 11.5 Å². The Morgan fingerprint density at radius 1 is 1.11 bits per heavy atom. The molecule has 2 nitrogen and oxygen atoms in total. The summed E-state index contributed by atoms with van der Waals surface area (Å²) in [7, 11) is 0. The predicted octanol–water partition coefficient (Wildman–Crippen LogP) is 3.34. The van der Waals surface area contributed by atoms with Crippen molar-refractivity contribution in [2.24, 2.45) is 0 Å². The van der Waals surface area contributed by atoms with Gasteiger partial charge in [-0.15, -0.1) is 6.42 Å². The van der Waals surface area contributed by atoms with E-state index in [1.54, 1.807) is 19.1 Å². The molecule has 0 spiro atoms. The van der Waals surface area contributed by atoms with E-state index in [9.17, 15) is 4.79 Å². The zero-order valence-electron chi connectivity index (χ0n) is 9.97. The molecule has 1 N–H and O–H groups in total. The van der Waals surface area contributed by atoms with Crippen LogP contribution in [-0.2, 0) is 0 Å². The van der Waals surface area contributed by atoms with Crippen LogP contribution >= 0.6 is 0 Å². The average Bonchev–Trinajstić information content (AvgIpc) is 2.38. The molecule has 0 saturated carbocycles. The summed E-state index contributed by atoms with van der Waals surface area (Å²) in [5.74, 6) is 1.66. The third kappa shape index (κ3) is 2.26. The van der Waals surface area contributed by atoms with Crippen molar-refractivity contribution in [3.63, 3.8) is 0 Å². The fraction of sp³-hybridized carbons (Fsp3) is 0.0625. The summed E-state index contributed by atoms with van der Waals surface area (Å²) in [4.78, 5) is 10.9. The first kappa shape index (κ1) is 11.9. The minimum absolute atomic E-state index is 0.332. The van der Waals surface area contributed by atoms with Gasteiger partial charge < -0.3 is 5.11 Å². The Hall–Kier alpha value is -2.53. The van der Waals surface area contributed by atoms with Gasteiger partial charge >= 0.3 is 5.97 Å². The lowest BCUT2D eigenvalue weighted by Crippen LogP contribution is -1.99. The lowest BCUT2D eigenvalue weighted by Gasteiger charge is -2.06. The number of hydrogen-bond donors (Lipinski definition) is 1. The maximum Gasteiger partial charge on any atom is 0.335 e. The van der Waals surface area contributed by atoms with Crippen molar-refractivity contribution in [2.75, 3.05) is 0 Å². The lowest BCUT2D eigenvalue weighted by molar-refractivity contribution is 0.0696. The van der Waals surface area contributed by atoms with Crippen LogP contribution < -0.4 is 0 Å². The Morgan fingerprint density at radius 2 is 1.72 bits per heavy atom. The molecule has 0 aliphatic rings. The molecule has 0 bridgehead atoms. The van der Waals surface area contributed by atoms with Gasteiger partial charge in [0.1, 0.15) is 0 Å². The number of carboxylic acid groups (broad SMARTS) is 1. The van der Waals surface area contributed by atoms with Crippen molar-refractivity contribution in [1.82, 2.24) is 0 Å². The number of carbonyl (C=O) groups is 1. The highest BCUT2D eigenvalue weighted by Crippen LogP contribution is 2.22. The van der Waals surface area contributed by atoms with Crippen molar-refractivity contribution in [3.8, 4) is 23.5 Å². The first-order valence-corrected chi connectivity index (χ1v) is 5.53. The molecule has 0 fully saturated rings. The van der Waals surface area contributed by atoms with E-state index in [1.165, 1.54) is 0 Å². The quantitative estimate of drug-likeness (QED) is 0.812. The summed E-state index contributed by atoms with van der Waals surface area (Å²) in [5.41, 5.74) is 3.92. The topological polar surface area (TPSA) is 37.3 Å². The zero-order chi connectivity index (χ0) is 13.1. The molecule has 0 saturated heterocycles. The van der Waals surface area contributed by atoms with Gasteiger partial charge in [0.25, 0.3) is 0 Å². The SMILES string of the molecule is C#Cc1ccc(-c2ccc(C(=O)O)c(C)c2)cc1. The van der Waals surface area contributed by atoms with Gasteiger partial charge in [-0.1, -0.05) is 30.2 Å². The maximum atomic E-state index is 10.9. The number of aromatic carboxylic acids is 1. The van der Waals surface area contributed by atoms with Crippen molar-refractivity contribution in [1.29, 1.82) is 0 Å². The average molecular weight is 236 g/mol. The molecular weight excluding hydrogens is 224 g/mol. The molecular formula is C16H12O2.